The highest BCUT2D eigenvalue weighted by atomic mass is 16.3. The maximum atomic E-state index is 10.2. The third-order valence-corrected chi connectivity index (χ3v) is 4.04. The molecule has 1 rings (SSSR count). The molecule has 0 aromatic heterocycles. The second-order valence-corrected chi connectivity index (χ2v) is 5.55. The van der Waals surface area contributed by atoms with Crippen molar-refractivity contribution < 1.29 is 5.11 Å². The van der Waals surface area contributed by atoms with Crippen molar-refractivity contribution in [2.75, 3.05) is 0 Å². The van der Waals surface area contributed by atoms with Gasteiger partial charge in [-0.05, 0) is 48.8 Å². The van der Waals surface area contributed by atoms with Gasteiger partial charge in [-0.15, -0.1) is 0 Å². The molecule has 19 heavy (non-hydrogen) atoms. The number of unbranched alkanes of at least 4 members (excludes halogenated alkanes) is 3. The summed E-state index contributed by atoms with van der Waals surface area (Å²) in [5, 5.41) is 10.2. The zero-order valence-electron chi connectivity index (χ0n) is 12.9. The molecule has 0 amide bonds. The first-order valence-electron chi connectivity index (χ1n) is 8.05. The van der Waals surface area contributed by atoms with Gasteiger partial charge in [-0.25, -0.2) is 0 Å². The van der Waals surface area contributed by atoms with Crippen LogP contribution in [0.5, 0.6) is 5.75 Å². The van der Waals surface area contributed by atoms with Crippen LogP contribution in [-0.2, 0) is 6.42 Å². The van der Waals surface area contributed by atoms with Crippen LogP contribution in [0, 0.1) is 0 Å². The van der Waals surface area contributed by atoms with E-state index in [0.717, 1.165) is 6.42 Å². The molecule has 0 fully saturated rings. The van der Waals surface area contributed by atoms with Gasteiger partial charge in [-0.3, -0.25) is 0 Å². The first-order valence-corrected chi connectivity index (χ1v) is 8.05. The fourth-order valence-corrected chi connectivity index (χ4v) is 2.90. The van der Waals surface area contributed by atoms with Crippen LogP contribution in [-0.4, -0.2) is 5.11 Å². The van der Waals surface area contributed by atoms with E-state index in [1.54, 1.807) is 0 Å². The number of phenolic OH excluding ortho intramolecular Hbond substituents is 1. The first-order chi connectivity index (χ1) is 9.24. The van der Waals surface area contributed by atoms with Crippen LogP contribution in [0.1, 0.15) is 82.8 Å². The zero-order chi connectivity index (χ0) is 14.1. The average molecular weight is 262 g/mol. The monoisotopic (exact) mass is 262 g/mol. The summed E-state index contributed by atoms with van der Waals surface area (Å²) in [4.78, 5) is 0. The number of aromatic hydroxyl groups is 1. The maximum Gasteiger partial charge on any atom is 0.119 e. The van der Waals surface area contributed by atoms with Gasteiger partial charge in [0, 0.05) is 0 Å². The van der Waals surface area contributed by atoms with Crippen molar-refractivity contribution in [3.63, 3.8) is 0 Å². The Labute approximate surface area is 119 Å². The van der Waals surface area contributed by atoms with Crippen molar-refractivity contribution in [2.24, 2.45) is 0 Å². The Morgan fingerprint density at radius 1 is 1.00 bits per heavy atom. The van der Waals surface area contributed by atoms with E-state index >= 15 is 0 Å². The Balaban J connectivity index is 2.81. The molecule has 1 unspecified atom stereocenters. The van der Waals surface area contributed by atoms with E-state index in [0.29, 0.717) is 11.7 Å². The molecule has 1 nitrogen and oxygen atoms in total. The summed E-state index contributed by atoms with van der Waals surface area (Å²) in [7, 11) is 0. The molecule has 0 aliphatic carbocycles. The number of hydrogen-bond donors (Lipinski definition) is 1. The van der Waals surface area contributed by atoms with Crippen molar-refractivity contribution in [1.82, 2.24) is 0 Å². The minimum Gasteiger partial charge on any atom is -0.508 e. The summed E-state index contributed by atoms with van der Waals surface area (Å²) in [6.45, 7) is 6.73. The molecule has 0 aliphatic rings. The van der Waals surface area contributed by atoms with Crippen molar-refractivity contribution >= 4 is 0 Å². The van der Waals surface area contributed by atoms with E-state index in [-0.39, 0.29) is 0 Å². The van der Waals surface area contributed by atoms with E-state index in [1.807, 2.05) is 12.1 Å². The number of phenols is 1. The number of hydrogen-bond acceptors (Lipinski definition) is 1. The lowest BCUT2D eigenvalue weighted by Crippen LogP contribution is -2.02. The molecule has 0 spiro atoms. The molecular formula is C18H30O. The molecule has 0 heterocycles. The van der Waals surface area contributed by atoms with Crippen molar-refractivity contribution in [1.29, 1.82) is 0 Å². The van der Waals surface area contributed by atoms with Gasteiger partial charge in [0.1, 0.15) is 5.75 Å². The van der Waals surface area contributed by atoms with Crippen LogP contribution < -0.4 is 0 Å². The SMILES string of the molecule is CCCCCCc1c(O)cccc1C(CC)CCC. The molecule has 1 N–H and O–H groups in total. The zero-order valence-corrected chi connectivity index (χ0v) is 12.9. The van der Waals surface area contributed by atoms with Gasteiger partial charge in [0.2, 0.25) is 0 Å². The Morgan fingerprint density at radius 2 is 1.79 bits per heavy atom. The third kappa shape index (κ3) is 4.89. The van der Waals surface area contributed by atoms with Gasteiger partial charge in [0.15, 0.2) is 0 Å². The number of rotatable bonds is 9. The molecule has 0 saturated heterocycles. The Bertz CT molecular complexity index is 357. The third-order valence-electron chi connectivity index (χ3n) is 4.04. The largest absolute Gasteiger partial charge is 0.508 e. The van der Waals surface area contributed by atoms with E-state index in [2.05, 4.69) is 26.8 Å². The second-order valence-electron chi connectivity index (χ2n) is 5.55. The summed E-state index contributed by atoms with van der Waals surface area (Å²) in [5.74, 6) is 1.11. The molecule has 0 bridgehead atoms. The fourth-order valence-electron chi connectivity index (χ4n) is 2.90. The highest BCUT2D eigenvalue weighted by molar-refractivity contribution is 5.41. The van der Waals surface area contributed by atoms with Crippen LogP contribution in [0.4, 0.5) is 0 Å². The summed E-state index contributed by atoms with van der Waals surface area (Å²) < 4.78 is 0. The molecule has 0 radical (unpaired) electrons. The van der Waals surface area contributed by atoms with Crippen molar-refractivity contribution in [3.8, 4) is 5.75 Å². The normalized spacial score (nSPS) is 12.6. The molecule has 1 atom stereocenters. The van der Waals surface area contributed by atoms with Crippen LogP contribution in [0.3, 0.4) is 0 Å². The molecular weight excluding hydrogens is 232 g/mol. The Kier molecular flexibility index (Phi) is 7.62. The van der Waals surface area contributed by atoms with Gasteiger partial charge in [-0.1, -0.05) is 58.6 Å². The molecule has 1 aromatic rings. The van der Waals surface area contributed by atoms with E-state index < -0.39 is 0 Å². The molecule has 1 heteroatoms. The standard InChI is InChI=1S/C18H30O/c1-4-7-8-9-12-17-16(13-10-14-18(17)19)15(6-3)11-5-2/h10,13-15,19H,4-9,11-12H2,1-3H3. The van der Waals surface area contributed by atoms with E-state index in [9.17, 15) is 5.11 Å². The minimum atomic E-state index is 0.503. The lowest BCUT2D eigenvalue weighted by Gasteiger charge is -2.19. The van der Waals surface area contributed by atoms with Gasteiger partial charge < -0.3 is 5.11 Å². The quantitative estimate of drug-likeness (QED) is 0.557. The molecule has 0 aliphatic heterocycles. The van der Waals surface area contributed by atoms with Gasteiger partial charge >= 0.3 is 0 Å². The van der Waals surface area contributed by atoms with Crippen molar-refractivity contribution in [3.05, 3.63) is 29.3 Å². The van der Waals surface area contributed by atoms with E-state index in [1.165, 1.54) is 56.1 Å². The Hall–Kier alpha value is -0.980. The fraction of sp³-hybridized carbons (Fsp3) is 0.667. The highest BCUT2D eigenvalue weighted by Crippen LogP contribution is 2.33. The summed E-state index contributed by atoms with van der Waals surface area (Å²) in [6.07, 6.45) is 9.67. The summed E-state index contributed by atoms with van der Waals surface area (Å²) in [5.41, 5.74) is 2.60. The summed E-state index contributed by atoms with van der Waals surface area (Å²) >= 11 is 0. The van der Waals surface area contributed by atoms with Gasteiger partial charge in [-0.2, -0.15) is 0 Å². The molecule has 0 saturated carbocycles. The topological polar surface area (TPSA) is 20.2 Å². The van der Waals surface area contributed by atoms with Gasteiger partial charge in [0.05, 0.1) is 0 Å². The Morgan fingerprint density at radius 3 is 2.42 bits per heavy atom. The van der Waals surface area contributed by atoms with Crippen LogP contribution >= 0.6 is 0 Å². The lowest BCUT2D eigenvalue weighted by atomic mass is 9.86. The molecule has 108 valence electrons. The first kappa shape index (κ1) is 16.1. The van der Waals surface area contributed by atoms with Crippen LogP contribution in [0.25, 0.3) is 0 Å². The smallest absolute Gasteiger partial charge is 0.119 e. The predicted octanol–water partition coefficient (Wildman–Crippen LogP) is 5.81. The van der Waals surface area contributed by atoms with Crippen molar-refractivity contribution in [2.45, 2.75) is 78.1 Å². The highest BCUT2D eigenvalue weighted by Gasteiger charge is 2.15. The second kappa shape index (κ2) is 9.01. The van der Waals surface area contributed by atoms with Crippen LogP contribution in [0.15, 0.2) is 18.2 Å². The minimum absolute atomic E-state index is 0.503. The number of benzene rings is 1. The van der Waals surface area contributed by atoms with Gasteiger partial charge in [0.25, 0.3) is 0 Å². The average Bonchev–Trinajstić information content (AvgIpc) is 2.42. The summed E-state index contributed by atoms with van der Waals surface area (Å²) in [6, 6.07) is 6.06. The lowest BCUT2D eigenvalue weighted by molar-refractivity contribution is 0.461. The van der Waals surface area contributed by atoms with E-state index in [4.69, 9.17) is 0 Å². The molecule has 1 aromatic carbocycles. The predicted molar refractivity (Wildman–Crippen MR) is 83.9 cm³/mol. The van der Waals surface area contributed by atoms with Crippen LogP contribution in [0.2, 0.25) is 0 Å². The maximum absolute atomic E-state index is 10.2.